The van der Waals surface area contributed by atoms with Crippen molar-refractivity contribution in [3.8, 4) is 11.1 Å². The van der Waals surface area contributed by atoms with E-state index in [1.807, 2.05) is 31.3 Å². The Labute approximate surface area is 157 Å². The molecule has 1 saturated carbocycles. The van der Waals surface area contributed by atoms with Crippen LogP contribution in [0.4, 0.5) is 5.69 Å². The molecule has 1 aliphatic rings. The Kier molecular flexibility index (Phi) is 4.31. The van der Waals surface area contributed by atoms with Gasteiger partial charge >= 0.3 is 0 Å². The molecule has 0 atom stereocenters. The van der Waals surface area contributed by atoms with Crippen molar-refractivity contribution >= 4 is 17.1 Å². The molecule has 3 aromatic rings. The van der Waals surface area contributed by atoms with Crippen molar-refractivity contribution in [2.75, 3.05) is 5.32 Å². The van der Waals surface area contributed by atoms with Crippen LogP contribution in [0.1, 0.15) is 43.0 Å². The lowest BCUT2D eigenvalue weighted by Crippen LogP contribution is -2.36. The standard InChI is InChI=1S/C20H23N5O2/c1-20(27)6-2-15(3-7-20)24-18-16(19(21)26)11-23-25-12-14(10-17(18)25)13-4-8-22-9-5-13/h4-5,8-12,15,24,27H,2-3,6-7H2,1H3,(H2,21,26). The molecule has 7 heteroatoms. The van der Waals surface area contributed by atoms with Crippen LogP contribution in [0.2, 0.25) is 0 Å². The minimum absolute atomic E-state index is 0.175. The van der Waals surface area contributed by atoms with Gasteiger partial charge in [-0.2, -0.15) is 5.10 Å². The lowest BCUT2D eigenvalue weighted by atomic mass is 9.83. The quantitative estimate of drug-likeness (QED) is 0.659. The van der Waals surface area contributed by atoms with Crippen LogP contribution < -0.4 is 11.1 Å². The summed E-state index contributed by atoms with van der Waals surface area (Å²) in [4.78, 5) is 16.0. The largest absolute Gasteiger partial charge is 0.390 e. The number of fused-ring (bicyclic) bond motifs is 1. The average molecular weight is 365 g/mol. The second-order valence-corrected chi connectivity index (χ2v) is 7.51. The van der Waals surface area contributed by atoms with Crippen molar-refractivity contribution in [3.63, 3.8) is 0 Å². The molecule has 140 valence electrons. The average Bonchev–Trinajstić information content (AvgIpc) is 3.09. The molecule has 0 aliphatic heterocycles. The van der Waals surface area contributed by atoms with Gasteiger partial charge in [-0.25, -0.2) is 4.52 Å². The summed E-state index contributed by atoms with van der Waals surface area (Å²) in [5.41, 5.74) is 8.87. The zero-order valence-corrected chi connectivity index (χ0v) is 15.2. The van der Waals surface area contributed by atoms with E-state index in [2.05, 4.69) is 15.4 Å². The van der Waals surface area contributed by atoms with E-state index in [1.165, 1.54) is 6.20 Å². The number of aromatic nitrogens is 3. The molecule has 1 aliphatic carbocycles. The van der Waals surface area contributed by atoms with Crippen LogP contribution in [-0.2, 0) is 0 Å². The fraction of sp³-hybridized carbons (Fsp3) is 0.350. The number of hydrogen-bond donors (Lipinski definition) is 3. The van der Waals surface area contributed by atoms with Crippen LogP contribution in [0, 0.1) is 0 Å². The molecule has 27 heavy (non-hydrogen) atoms. The maximum Gasteiger partial charge on any atom is 0.252 e. The third kappa shape index (κ3) is 3.50. The predicted octanol–water partition coefficient (Wildman–Crippen LogP) is 2.60. The maximum absolute atomic E-state index is 12.0. The summed E-state index contributed by atoms with van der Waals surface area (Å²) in [6, 6.07) is 6.03. The highest BCUT2D eigenvalue weighted by atomic mass is 16.3. The number of nitrogens with zero attached hydrogens (tertiary/aromatic N) is 3. The highest BCUT2D eigenvalue weighted by molar-refractivity contribution is 6.02. The van der Waals surface area contributed by atoms with Crippen LogP contribution in [0.5, 0.6) is 0 Å². The van der Waals surface area contributed by atoms with Crippen molar-refractivity contribution in [2.45, 2.75) is 44.2 Å². The zero-order valence-electron chi connectivity index (χ0n) is 15.2. The summed E-state index contributed by atoms with van der Waals surface area (Å²) in [6.07, 6.45) is 10.0. The van der Waals surface area contributed by atoms with Gasteiger partial charge in [-0.3, -0.25) is 9.78 Å². The number of pyridine rings is 1. The van der Waals surface area contributed by atoms with E-state index in [0.717, 1.165) is 42.3 Å². The Balaban J connectivity index is 1.73. The van der Waals surface area contributed by atoms with Crippen molar-refractivity contribution in [2.24, 2.45) is 5.73 Å². The highest BCUT2D eigenvalue weighted by Gasteiger charge is 2.29. The fourth-order valence-electron chi connectivity index (χ4n) is 3.69. The number of anilines is 1. The number of carbonyl (C=O) groups is 1. The van der Waals surface area contributed by atoms with E-state index in [9.17, 15) is 9.90 Å². The normalized spacial score (nSPS) is 22.7. The minimum atomic E-state index is -0.609. The van der Waals surface area contributed by atoms with E-state index in [-0.39, 0.29) is 6.04 Å². The van der Waals surface area contributed by atoms with Crippen molar-refractivity contribution in [1.29, 1.82) is 0 Å². The summed E-state index contributed by atoms with van der Waals surface area (Å²) >= 11 is 0. The third-order valence-corrected chi connectivity index (χ3v) is 5.33. The Bertz CT molecular complexity index is 971. The molecule has 0 saturated heterocycles. The number of nitrogens with two attached hydrogens (primary N) is 1. The molecule has 4 N–H and O–H groups in total. The van der Waals surface area contributed by atoms with Gasteiger partial charge in [0.1, 0.15) is 0 Å². The Morgan fingerprint density at radius 3 is 2.67 bits per heavy atom. The van der Waals surface area contributed by atoms with E-state index < -0.39 is 11.5 Å². The van der Waals surface area contributed by atoms with Crippen molar-refractivity contribution in [1.82, 2.24) is 14.6 Å². The summed E-state index contributed by atoms with van der Waals surface area (Å²) in [6.45, 7) is 1.87. The monoisotopic (exact) mass is 365 g/mol. The van der Waals surface area contributed by atoms with Crippen molar-refractivity contribution < 1.29 is 9.90 Å². The van der Waals surface area contributed by atoms with Crippen LogP contribution in [0.25, 0.3) is 16.6 Å². The van der Waals surface area contributed by atoms with Gasteiger partial charge in [0.2, 0.25) is 0 Å². The fourth-order valence-corrected chi connectivity index (χ4v) is 3.69. The number of carbonyl (C=O) groups excluding carboxylic acids is 1. The molecule has 0 radical (unpaired) electrons. The van der Waals surface area contributed by atoms with Crippen LogP contribution in [-0.4, -0.2) is 37.3 Å². The summed E-state index contributed by atoms with van der Waals surface area (Å²) in [5, 5.41) is 18.0. The van der Waals surface area contributed by atoms with Crippen LogP contribution >= 0.6 is 0 Å². The second kappa shape index (κ2) is 6.66. The molecule has 3 heterocycles. The summed E-state index contributed by atoms with van der Waals surface area (Å²) < 4.78 is 1.75. The SMILES string of the molecule is CC1(O)CCC(Nc2c(C(N)=O)cnn3cc(-c4ccncc4)cc23)CC1. The van der Waals surface area contributed by atoms with Crippen LogP contribution in [0.3, 0.4) is 0 Å². The van der Waals surface area contributed by atoms with Gasteiger partial charge < -0.3 is 16.2 Å². The number of primary amides is 1. The lowest BCUT2D eigenvalue weighted by molar-refractivity contribution is 0.0196. The van der Waals surface area contributed by atoms with Crippen molar-refractivity contribution in [3.05, 3.63) is 48.5 Å². The van der Waals surface area contributed by atoms with Gasteiger partial charge in [-0.15, -0.1) is 0 Å². The molecule has 1 amide bonds. The van der Waals surface area contributed by atoms with E-state index in [0.29, 0.717) is 11.3 Å². The molecular weight excluding hydrogens is 342 g/mol. The molecule has 0 bridgehead atoms. The van der Waals surface area contributed by atoms with Gasteiger partial charge in [0, 0.05) is 30.2 Å². The number of amides is 1. The molecule has 0 aromatic carbocycles. The number of hydrogen-bond acceptors (Lipinski definition) is 5. The maximum atomic E-state index is 12.0. The first kappa shape index (κ1) is 17.5. The van der Waals surface area contributed by atoms with Gasteiger partial charge in [0.15, 0.2) is 0 Å². The minimum Gasteiger partial charge on any atom is -0.390 e. The van der Waals surface area contributed by atoms with E-state index in [4.69, 9.17) is 5.73 Å². The first-order chi connectivity index (χ1) is 12.9. The predicted molar refractivity (Wildman–Crippen MR) is 103 cm³/mol. The molecule has 3 aromatic heterocycles. The Morgan fingerprint density at radius 2 is 2.00 bits per heavy atom. The third-order valence-electron chi connectivity index (χ3n) is 5.33. The first-order valence-electron chi connectivity index (χ1n) is 9.13. The Morgan fingerprint density at radius 1 is 1.30 bits per heavy atom. The first-order valence-corrected chi connectivity index (χ1v) is 9.13. The van der Waals surface area contributed by atoms with Gasteiger partial charge in [-0.1, -0.05) is 0 Å². The topological polar surface area (TPSA) is 106 Å². The van der Waals surface area contributed by atoms with Gasteiger partial charge in [0.05, 0.1) is 28.6 Å². The number of nitrogens with one attached hydrogen (secondary N) is 1. The van der Waals surface area contributed by atoms with Crippen LogP contribution in [0.15, 0.2) is 43.0 Å². The number of rotatable bonds is 4. The molecule has 0 unspecified atom stereocenters. The van der Waals surface area contributed by atoms with Gasteiger partial charge in [-0.05, 0) is 56.4 Å². The molecule has 7 nitrogen and oxygen atoms in total. The van der Waals surface area contributed by atoms with E-state index in [1.54, 1.807) is 16.9 Å². The number of aliphatic hydroxyl groups is 1. The van der Waals surface area contributed by atoms with E-state index >= 15 is 0 Å². The Hall–Kier alpha value is -2.93. The molecular formula is C20H23N5O2. The lowest BCUT2D eigenvalue weighted by Gasteiger charge is -2.34. The zero-order chi connectivity index (χ0) is 19.0. The summed E-state index contributed by atoms with van der Waals surface area (Å²) in [5.74, 6) is -0.512. The summed E-state index contributed by atoms with van der Waals surface area (Å²) in [7, 11) is 0. The second-order valence-electron chi connectivity index (χ2n) is 7.51. The highest BCUT2D eigenvalue weighted by Crippen LogP contribution is 2.33. The molecule has 4 rings (SSSR count). The van der Waals surface area contributed by atoms with Gasteiger partial charge in [0.25, 0.3) is 5.91 Å². The smallest absolute Gasteiger partial charge is 0.252 e. The molecule has 0 spiro atoms. The molecule has 1 fully saturated rings.